The van der Waals surface area contributed by atoms with Crippen molar-refractivity contribution in [2.24, 2.45) is 7.05 Å². The monoisotopic (exact) mass is 415 g/mol. The minimum Gasteiger partial charge on any atom is -0.497 e. The summed E-state index contributed by atoms with van der Waals surface area (Å²) < 4.78 is 24.1. The normalized spacial score (nSPS) is 11.7. The van der Waals surface area contributed by atoms with Gasteiger partial charge in [-0.1, -0.05) is 17.8 Å². The molecule has 0 fully saturated rings. The first-order valence-electron chi connectivity index (χ1n) is 9.20. The molecular weight excluding hydrogens is 390 g/mol. The Hall–Kier alpha value is -2.87. The number of rotatable bonds is 10. The molecule has 0 radical (unpaired) electrons. The smallest absolute Gasteiger partial charge is 0.191 e. The van der Waals surface area contributed by atoms with Crippen molar-refractivity contribution in [1.82, 2.24) is 14.8 Å². The molecule has 8 heteroatoms. The number of thioether (sulfide) groups is 1. The van der Waals surface area contributed by atoms with E-state index in [9.17, 15) is 0 Å². The Labute approximate surface area is 175 Å². The highest BCUT2D eigenvalue weighted by atomic mass is 32.2. The number of nitrogens with zero attached hydrogens (tertiary/aromatic N) is 3. The second kappa shape index (κ2) is 10.1. The summed E-state index contributed by atoms with van der Waals surface area (Å²) >= 11 is 1.59. The van der Waals surface area contributed by atoms with Crippen LogP contribution in [-0.2, 0) is 7.05 Å². The molecule has 2 aromatic carbocycles. The largest absolute Gasteiger partial charge is 0.497 e. The summed E-state index contributed by atoms with van der Waals surface area (Å²) in [6, 6.07) is 15.0. The highest BCUT2D eigenvalue weighted by Gasteiger charge is 2.17. The van der Waals surface area contributed by atoms with Crippen LogP contribution >= 0.6 is 11.8 Å². The van der Waals surface area contributed by atoms with Gasteiger partial charge in [0, 0.05) is 18.9 Å². The topological polar surface area (TPSA) is 67.6 Å². The van der Waals surface area contributed by atoms with Crippen molar-refractivity contribution in [1.29, 1.82) is 0 Å². The van der Waals surface area contributed by atoms with Crippen LogP contribution in [0.3, 0.4) is 0 Å². The molecule has 7 nitrogen and oxygen atoms in total. The van der Waals surface area contributed by atoms with Crippen molar-refractivity contribution < 1.29 is 18.9 Å². The fraction of sp³-hybridized carbons (Fsp3) is 0.333. The Balaban J connectivity index is 1.51. The fourth-order valence-corrected chi connectivity index (χ4v) is 3.44. The second-order valence-corrected chi connectivity index (χ2v) is 7.27. The van der Waals surface area contributed by atoms with Crippen molar-refractivity contribution in [2.45, 2.75) is 18.2 Å². The van der Waals surface area contributed by atoms with Gasteiger partial charge in [-0.25, -0.2) is 0 Å². The van der Waals surface area contributed by atoms with Gasteiger partial charge in [-0.05, 0) is 43.3 Å². The molecule has 0 aliphatic rings. The molecule has 0 spiro atoms. The van der Waals surface area contributed by atoms with E-state index in [1.54, 1.807) is 26.0 Å². The third-order valence-corrected chi connectivity index (χ3v) is 5.21. The van der Waals surface area contributed by atoms with Crippen LogP contribution in [0.4, 0.5) is 0 Å². The first-order valence-corrected chi connectivity index (χ1v) is 10.2. The number of aromatic nitrogens is 3. The van der Waals surface area contributed by atoms with E-state index < -0.39 is 0 Å². The van der Waals surface area contributed by atoms with Crippen molar-refractivity contribution in [3.8, 4) is 23.0 Å². The lowest BCUT2D eigenvalue weighted by atomic mass is 10.3. The van der Waals surface area contributed by atoms with Gasteiger partial charge in [0.2, 0.25) is 0 Å². The van der Waals surface area contributed by atoms with Crippen LogP contribution in [-0.4, -0.2) is 41.3 Å². The third kappa shape index (κ3) is 5.57. The zero-order valence-corrected chi connectivity index (χ0v) is 17.8. The zero-order chi connectivity index (χ0) is 20.6. The van der Waals surface area contributed by atoms with Crippen LogP contribution in [0, 0.1) is 0 Å². The Morgan fingerprint density at radius 3 is 2.34 bits per heavy atom. The summed E-state index contributed by atoms with van der Waals surface area (Å²) in [6.07, 6.45) is -0.246. The standard InChI is InChI=1S/C21H25N3O4S/c1-15(28-19-7-5-6-18(14-19)26-4)20-22-23-21(24(20)2)29-13-12-27-17-10-8-16(25-3)9-11-17/h5-11,14-15H,12-13H2,1-4H3. The SMILES string of the molecule is COc1ccc(OCCSc2nnc(C(C)Oc3cccc(OC)c3)n2C)cc1. The maximum Gasteiger partial charge on any atom is 0.191 e. The molecular formula is C21H25N3O4S. The van der Waals surface area contributed by atoms with Crippen molar-refractivity contribution in [2.75, 3.05) is 26.6 Å². The Kier molecular flexibility index (Phi) is 7.24. The maximum atomic E-state index is 5.99. The first-order chi connectivity index (χ1) is 14.1. The molecule has 3 aromatic rings. The molecule has 0 N–H and O–H groups in total. The summed E-state index contributed by atoms with van der Waals surface area (Å²) in [5.41, 5.74) is 0. The molecule has 0 amide bonds. The van der Waals surface area contributed by atoms with Crippen molar-refractivity contribution >= 4 is 11.8 Å². The van der Waals surface area contributed by atoms with Gasteiger partial charge in [-0.2, -0.15) is 0 Å². The molecule has 154 valence electrons. The molecule has 0 saturated carbocycles. The molecule has 0 bridgehead atoms. The molecule has 0 saturated heterocycles. The van der Waals surface area contributed by atoms with Gasteiger partial charge in [-0.15, -0.1) is 10.2 Å². The molecule has 1 unspecified atom stereocenters. The number of methoxy groups -OCH3 is 2. The molecule has 1 heterocycles. The van der Waals surface area contributed by atoms with E-state index >= 15 is 0 Å². The van der Waals surface area contributed by atoms with E-state index in [1.165, 1.54) is 0 Å². The van der Waals surface area contributed by atoms with Crippen LogP contribution in [0.1, 0.15) is 18.9 Å². The summed E-state index contributed by atoms with van der Waals surface area (Å²) in [6.45, 7) is 2.51. The van der Waals surface area contributed by atoms with Crippen LogP contribution in [0.5, 0.6) is 23.0 Å². The quantitative estimate of drug-likeness (QED) is 0.364. The minimum absolute atomic E-state index is 0.246. The lowest BCUT2D eigenvalue weighted by Gasteiger charge is -2.15. The number of hydrogen-bond acceptors (Lipinski definition) is 7. The minimum atomic E-state index is -0.246. The van der Waals surface area contributed by atoms with Crippen LogP contribution in [0.15, 0.2) is 53.7 Å². The molecule has 0 aliphatic heterocycles. The van der Waals surface area contributed by atoms with Crippen LogP contribution in [0.25, 0.3) is 0 Å². The van der Waals surface area contributed by atoms with Crippen LogP contribution in [0.2, 0.25) is 0 Å². The molecule has 3 rings (SSSR count). The molecule has 1 atom stereocenters. The van der Waals surface area contributed by atoms with Gasteiger partial charge in [0.25, 0.3) is 0 Å². The maximum absolute atomic E-state index is 5.99. The molecule has 0 aliphatic carbocycles. The fourth-order valence-electron chi connectivity index (χ4n) is 2.70. The van der Waals surface area contributed by atoms with Crippen LogP contribution < -0.4 is 18.9 Å². The van der Waals surface area contributed by atoms with Gasteiger partial charge >= 0.3 is 0 Å². The summed E-state index contributed by atoms with van der Waals surface area (Å²) in [7, 11) is 5.21. The number of ether oxygens (including phenoxy) is 4. The lowest BCUT2D eigenvalue weighted by Crippen LogP contribution is -2.10. The van der Waals surface area contributed by atoms with Crippen molar-refractivity contribution in [3.63, 3.8) is 0 Å². The lowest BCUT2D eigenvalue weighted by molar-refractivity contribution is 0.210. The summed E-state index contributed by atoms with van der Waals surface area (Å²) in [5, 5.41) is 9.39. The van der Waals surface area contributed by atoms with Gasteiger partial charge in [-0.3, -0.25) is 0 Å². The second-order valence-electron chi connectivity index (χ2n) is 6.21. The molecule has 29 heavy (non-hydrogen) atoms. The van der Waals surface area contributed by atoms with E-state index in [-0.39, 0.29) is 6.10 Å². The van der Waals surface area contributed by atoms with Gasteiger partial charge in [0.1, 0.15) is 23.0 Å². The van der Waals surface area contributed by atoms with Gasteiger partial charge < -0.3 is 23.5 Å². The van der Waals surface area contributed by atoms with Gasteiger partial charge in [0.05, 0.1) is 20.8 Å². The van der Waals surface area contributed by atoms with E-state index in [0.717, 1.165) is 39.7 Å². The zero-order valence-electron chi connectivity index (χ0n) is 17.0. The Morgan fingerprint density at radius 2 is 1.62 bits per heavy atom. The predicted molar refractivity (Wildman–Crippen MR) is 112 cm³/mol. The Bertz CT molecular complexity index is 915. The van der Waals surface area contributed by atoms with E-state index in [1.807, 2.05) is 67.1 Å². The van der Waals surface area contributed by atoms with E-state index in [4.69, 9.17) is 18.9 Å². The third-order valence-electron chi connectivity index (χ3n) is 4.23. The van der Waals surface area contributed by atoms with Crippen molar-refractivity contribution in [3.05, 3.63) is 54.4 Å². The summed E-state index contributed by atoms with van der Waals surface area (Å²) in [5.74, 6) is 4.60. The highest BCUT2D eigenvalue weighted by molar-refractivity contribution is 7.99. The number of hydrogen-bond donors (Lipinski definition) is 0. The predicted octanol–water partition coefficient (Wildman–Crippen LogP) is 4.14. The Morgan fingerprint density at radius 1 is 0.931 bits per heavy atom. The average molecular weight is 416 g/mol. The van der Waals surface area contributed by atoms with Gasteiger partial charge in [0.15, 0.2) is 17.1 Å². The average Bonchev–Trinajstić information content (AvgIpc) is 3.12. The number of benzene rings is 2. The molecule has 1 aromatic heterocycles. The van der Waals surface area contributed by atoms with E-state index in [2.05, 4.69) is 10.2 Å². The van der Waals surface area contributed by atoms with E-state index in [0.29, 0.717) is 6.61 Å². The summed E-state index contributed by atoms with van der Waals surface area (Å²) in [4.78, 5) is 0. The first kappa shape index (κ1) is 20.9. The highest BCUT2D eigenvalue weighted by Crippen LogP contribution is 2.26.